The van der Waals surface area contributed by atoms with Gasteiger partial charge in [-0.3, -0.25) is 15.6 Å². The first-order chi connectivity index (χ1) is 13.0. The lowest BCUT2D eigenvalue weighted by atomic mass is 10.0. The lowest BCUT2D eigenvalue weighted by Gasteiger charge is -2.13. The Labute approximate surface area is 166 Å². The minimum atomic E-state index is -0.138. The Hall–Kier alpha value is -2.60. The van der Waals surface area contributed by atoms with Crippen LogP contribution < -0.4 is 20.9 Å². The van der Waals surface area contributed by atoms with E-state index < -0.39 is 0 Å². The number of hydrogen-bond donors (Lipinski definition) is 3. The quantitative estimate of drug-likeness (QED) is 0.493. The van der Waals surface area contributed by atoms with Crippen molar-refractivity contribution in [3.63, 3.8) is 0 Å². The van der Waals surface area contributed by atoms with Crippen LogP contribution in [0.25, 0.3) is 0 Å². The number of anilines is 1. The molecule has 5 nitrogen and oxygen atoms in total. The molecule has 0 unspecified atom stereocenters. The summed E-state index contributed by atoms with van der Waals surface area (Å²) in [7, 11) is 0. The van der Waals surface area contributed by atoms with Crippen molar-refractivity contribution in [1.82, 2.24) is 10.9 Å². The van der Waals surface area contributed by atoms with Gasteiger partial charge < -0.3 is 10.1 Å². The highest BCUT2D eigenvalue weighted by atomic mass is 32.1. The maximum Gasteiger partial charge on any atom is 0.238 e. The summed E-state index contributed by atoms with van der Waals surface area (Å²) < 4.78 is 5.58. The van der Waals surface area contributed by atoms with E-state index >= 15 is 0 Å². The number of carbonyl (C=O) groups is 1. The van der Waals surface area contributed by atoms with Gasteiger partial charge in [-0.25, -0.2) is 0 Å². The van der Waals surface area contributed by atoms with Crippen LogP contribution in [0.4, 0.5) is 5.69 Å². The van der Waals surface area contributed by atoms with Gasteiger partial charge in [-0.2, -0.15) is 0 Å². The Balaban J connectivity index is 1.75. The van der Waals surface area contributed by atoms with Gasteiger partial charge in [-0.1, -0.05) is 44.2 Å². The van der Waals surface area contributed by atoms with Gasteiger partial charge >= 0.3 is 0 Å². The molecule has 0 radical (unpaired) electrons. The van der Waals surface area contributed by atoms with Crippen molar-refractivity contribution in [2.24, 2.45) is 0 Å². The normalized spacial score (nSPS) is 10.4. The van der Waals surface area contributed by atoms with Crippen LogP contribution in [-0.2, 0) is 11.2 Å². The van der Waals surface area contributed by atoms with E-state index in [9.17, 15) is 4.79 Å². The maximum absolute atomic E-state index is 12.1. The second-order valence-corrected chi connectivity index (χ2v) is 6.85. The zero-order chi connectivity index (χ0) is 19.6. The summed E-state index contributed by atoms with van der Waals surface area (Å²) in [5.41, 5.74) is 8.50. The van der Waals surface area contributed by atoms with Crippen molar-refractivity contribution in [3.05, 3.63) is 59.7 Å². The van der Waals surface area contributed by atoms with E-state index in [4.69, 9.17) is 17.0 Å². The second kappa shape index (κ2) is 10.5. The minimum absolute atomic E-state index is 0.138. The van der Waals surface area contributed by atoms with Crippen LogP contribution in [0, 0.1) is 0 Å². The van der Waals surface area contributed by atoms with Gasteiger partial charge in [-0.15, -0.1) is 0 Å². The zero-order valence-corrected chi connectivity index (χ0v) is 16.9. The largest absolute Gasteiger partial charge is 0.494 e. The molecule has 2 rings (SSSR count). The van der Waals surface area contributed by atoms with Crippen molar-refractivity contribution in [1.29, 1.82) is 0 Å². The molecule has 2 aromatic rings. The number of aryl methyl sites for hydroxylation is 1. The lowest BCUT2D eigenvalue weighted by molar-refractivity contribution is -0.121. The number of hydrazine groups is 1. The third kappa shape index (κ3) is 6.90. The minimum Gasteiger partial charge on any atom is -0.494 e. The lowest BCUT2D eigenvalue weighted by Crippen LogP contribution is -2.43. The standard InChI is InChI=1S/C21H27N3O2S/c1-4-26-19-8-6-5-7-17(19)11-14-20(25)23-24-21(27)22-18-12-9-16(10-13-18)15(2)3/h5-10,12-13,15H,4,11,14H2,1-3H3,(H,23,25)(H2,22,24,27). The molecule has 2 aromatic carbocycles. The Kier molecular flexibility index (Phi) is 8.07. The fourth-order valence-electron chi connectivity index (χ4n) is 2.56. The molecule has 3 N–H and O–H groups in total. The third-order valence-electron chi connectivity index (χ3n) is 4.04. The predicted molar refractivity (Wildman–Crippen MR) is 114 cm³/mol. The topological polar surface area (TPSA) is 62.4 Å². The Bertz CT molecular complexity index is 760. The first-order valence-corrected chi connectivity index (χ1v) is 9.57. The van der Waals surface area contributed by atoms with Gasteiger partial charge in [0.2, 0.25) is 5.91 Å². The molecule has 0 aliphatic carbocycles. The van der Waals surface area contributed by atoms with Gasteiger partial charge in [0.15, 0.2) is 5.11 Å². The van der Waals surface area contributed by atoms with Crippen LogP contribution in [-0.4, -0.2) is 17.6 Å². The van der Waals surface area contributed by atoms with Crippen LogP contribution in [0.2, 0.25) is 0 Å². The highest BCUT2D eigenvalue weighted by Gasteiger charge is 2.07. The second-order valence-electron chi connectivity index (χ2n) is 6.44. The number of carbonyl (C=O) groups excluding carboxylic acids is 1. The SMILES string of the molecule is CCOc1ccccc1CCC(=O)NNC(=S)Nc1ccc(C(C)C)cc1. The molecule has 0 atom stereocenters. The molecule has 0 saturated carbocycles. The summed E-state index contributed by atoms with van der Waals surface area (Å²) in [6, 6.07) is 15.8. The molecular weight excluding hydrogens is 358 g/mol. The van der Waals surface area contributed by atoms with Crippen molar-refractivity contribution in [2.75, 3.05) is 11.9 Å². The summed E-state index contributed by atoms with van der Waals surface area (Å²) in [6.07, 6.45) is 0.934. The van der Waals surface area contributed by atoms with E-state index in [2.05, 4.69) is 42.1 Å². The van der Waals surface area contributed by atoms with Crippen LogP contribution >= 0.6 is 12.2 Å². The van der Waals surface area contributed by atoms with E-state index in [1.807, 2.05) is 43.3 Å². The molecule has 0 aliphatic heterocycles. The highest BCUT2D eigenvalue weighted by molar-refractivity contribution is 7.80. The zero-order valence-electron chi connectivity index (χ0n) is 16.0. The summed E-state index contributed by atoms with van der Waals surface area (Å²) >= 11 is 5.21. The van der Waals surface area contributed by atoms with Gasteiger partial charge in [0.05, 0.1) is 6.61 Å². The Morgan fingerprint density at radius 2 is 1.78 bits per heavy atom. The monoisotopic (exact) mass is 385 g/mol. The Morgan fingerprint density at radius 3 is 2.44 bits per heavy atom. The summed E-state index contributed by atoms with van der Waals surface area (Å²) in [4.78, 5) is 12.1. The van der Waals surface area contributed by atoms with E-state index in [1.165, 1.54) is 5.56 Å². The fraction of sp³-hybridized carbons (Fsp3) is 0.333. The third-order valence-corrected chi connectivity index (χ3v) is 4.25. The van der Waals surface area contributed by atoms with Crippen LogP contribution in [0.1, 0.15) is 44.2 Å². The number of para-hydroxylation sites is 1. The van der Waals surface area contributed by atoms with E-state index in [0.717, 1.165) is 17.0 Å². The van der Waals surface area contributed by atoms with E-state index in [1.54, 1.807) is 0 Å². The average molecular weight is 386 g/mol. The first kappa shape index (κ1) is 20.7. The first-order valence-electron chi connectivity index (χ1n) is 9.16. The molecule has 0 saturated heterocycles. The molecule has 27 heavy (non-hydrogen) atoms. The molecule has 0 aliphatic rings. The van der Waals surface area contributed by atoms with Crippen molar-refractivity contribution >= 4 is 28.9 Å². The average Bonchev–Trinajstić information content (AvgIpc) is 2.66. The van der Waals surface area contributed by atoms with Crippen molar-refractivity contribution in [2.45, 2.75) is 39.5 Å². The number of benzene rings is 2. The van der Waals surface area contributed by atoms with Crippen molar-refractivity contribution < 1.29 is 9.53 Å². The van der Waals surface area contributed by atoms with E-state index in [0.29, 0.717) is 30.5 Å². The molecule has 6 heteroatoms. The number of thiocarbonyl (C=S) groups is 1. The number of amides is 1. The molecule has 144 valence electrons. The van der Waals surface area contributed by atoms with E-state index in [-0.39, 0.29) is 5.91 Å². The predicted octanol–water partition coefficient (Wildman–Crippen LogP) is 4.16. The molecule has 0 bridgehead atoms. The number of rotatable bonds is 7. The summed E-state index contributed by atoms with van der Waals surface area (Å²) in [5.74, 6) is 1.17. The molecule has 0 fully saturated rings. The van der Waals surface area contributed by atoms with Gasteiger partial charge in [-0.05, 0) is 60.8 Å². The van der Waals surface area contributed by atoms with Gasteiger partial charge in [0.1, 0.15) is 5.75 Å². The maximum atomic E-state index is 12.1. The fourth-order valence-corrected chi connectivity index (χ4v) is 2.73. The number of ether oxygens (including phenoxy) is 1. The van der Waals surface area contributed by atoms with Crippen LogP contribution in [0.15, 0.2) is 48.5 Å². The molecule has 0 spiro atoms. The molecular formula is C21H27N3O2S. The number of nitrogens with one attached hydrogen (secondary N) is 3. The smallest absolute Gasteiger partial charge is 0.238 e. The van der Waals surface area contributed by atoms with Crippen LogP contribution in [0.5, 0.6) is 5.75 Å². The molecule has 0 aromatic heterocycles. The summed E-state index contributed by atoms with van der Waals surface area (Å²) in [6.45, 7) is 6.84. The molecule has 1 amide bonds. The van der Waals surface area contributed by atoms with Gasteiger partial charge in [0, 0.05) is 12.1 Å². The summed E-state index contributed by atoms with van der Waals surface area (Å²) in [5, 5.41) is 3.39. The number of hydrogen-bond acceptors (Lipinski definition) is 3. The van der Waals surface area contributed by atoms with Crippen molar-refractivity contribution in [3.8, 4) is 5.75 Å². The molecule has 0 heterocycles. The van der Waals surface area contributed by atoms with Crippen LogP contribution in [0.3, 0.4) is 0 Å². The van der Waals surface area contributed by atoms with Gasteiger partial charge in [0.25, 0.3) is 0 Å². The highest BCUT2D eigenvalue weighted by Crippen LogP contribution is 2.19. The Morgan fingerprint density at radius 1 is 1.07 bits per heavy atom.